The van der Waals surface area contributed by atoms with Crippen molar-refractivity contribution in [1.82, 2.24) is 15.5 Å². The third kappa shape index (κ3) is 6.70. The Morgan fingerprint density at radius 3 is 2.27 bits per heavy atom. The Balaban J connectivity index is 1.28. The van der Waals surface area contributed by atoms with Gasteiger partial charge in [0.15, 0.2) is 0 Å². The second kappa shape index (κ2) is 13.1. The van der Waals surface area contributed by atoms with Crippen LogP contribution < -0.4 is 16.4 Å². The lowest BCUT2D eigenvalue weighted by Crippen LogP contribution is -2.49. The van der Waals surface area contributed by atoms with E-state index in [-0.39, 0.29) is 23.8 Å². The Morgan fingerprint density at radius 2 is 1.60 bits per heavy atom. The fourth-order valence-electron chi connectivity index (χ4n) is 5.47. The first-order valence-electron chi connectivity index (χ1n) is 13.8. The Hall–Kier alpha value is -3.71. The van der Waals surface area contributed by atoms with E-state index in [0.717, 1.165) is 17.2 Å². The quantitative estimate of drug-likeness (QED) is 0.273. The second-order valence-electron chi connectivity index (χ2n) is 10.4. The van der Waals surface area contributed by atoms with Gasteiger partial charge in [-0.05, 0) is 65.6 Å². The highest BCUT2D eigenvalue weighted by atomic mass is 35.5. The van der Waals surface area contributed by atoms with Crippen LogP contribution in [0.5, 0.6) is 0 Å². The summed E-state index contributed by atoms with van der Waals surface area (Å²) in [5.41, 5.74) is 8.85. The number of hydrogen-bond donors (Lipinski definition) is 3. The minimum absolute atomic E-state index is 0.0550. The molecule has 0 aliphatic carbocycles. The van der Waals surface area contributed by atoms with Gasteiger partial charge in [-0.1, -0.05) is 84.4 Å². The first-order chi connectivity index (χ1) is 19.5. The zero-order valence-corrected chi connectivity index (χ0v) is 23.2. The summed E-state index contributed by atoms with van der Waals surface area (Å²) in [6, 6.07) is 31.4. The Morgan fingerprint density at radius 1 is 0.950 bits per heavy atom. The van der Waals surface area contributed by atoms with Gasteiger partial charge in [0.1, 0.15) is 0 Å². The van der Waals surface area contributed by atoms with Crippen LogP contribution in [0.2, 0.25) is 5.02 Å². The largest absolute Gasteiger partial charge is 0.350 e. The van der Waals surface area contributed by atoms with Gasteiger partial charge in [0.2, 0.25) is 5.91 Å². The van der Waals surface area contributed by atoms with Crippen molar-refractivity contribution in [2.45, 2.75) is 30.8 Å². The van der Waals surface area contributed by atoms with Crippen molar-refractivity contribution in [3.8, 4) is 0 Å². The number of fused-ring (bicyclic) bond motifs is 1. The van der Waals surface area contributed by atoms with Gasteiger partial charge in [-0.3, -0.25) is 9.59 Å². The first kappa shape index (κ1) is 27.8. The smallest absolute Gasteiger partial charge is 0.251 e. The molecule has 0 radical (unpaired) electrons. The fraction of sp³-hybridized carbons (Fsp3) is 0.273. The zero-order chi connectivity index (χ0) is 27.9. The summed E-state index contributed by atoms with van der Waals surface area (Å²) in [6.45, 7) is 1.99. The van der Waals surface area contributed by atoms with Gasteiger partial charge in [-0.2, -0.15) is 0 Å². The molecule has 2 unspecified atom stereocenters. The van der Waals surface area contributed by atoms with Gasteiger partial charge in [0.05, 0.1) is 6.04 Å². The van der Waals surface area contributed by atoms with Crippen LogP contribution in [-0.4, -0.2) is 55.0 Å². The van der Waals surface area contributed by atoms with Crippen molar-refractivity contribution in [3.63, 3.8) is 0 Å². The SMILES string of the molecule is NCCC1NC(CNC(=O)c2ccc3cc(Cl)ccc3c2)CCN(CC(c2ccccc2)c2ccccc2)C1=O. The number of carbonyl (C=O) groups excluding carboxylic acids is 2. The van der Waals surface area contributed by atoms with E-state index < -0.39 is 6.04 Å². The van der Waals surface area contributed by atoms with Crippen molar-refractivity contribution in [3.05, 3.63) is 119 Å². The van der Waals surface area contributed by atoms with E-state index in [9.17, 15) is 9.59 Å². The predicted molar refractivity (Wildman–Crippen MR) is 162 cm³/mol. The Bertz CT molecular complexity index is 1410. The third-order valence-electron chi connectivity index (χ3n) is 7.63. The van der Waals surface area contributed by atoms with Crippen LogP contribution in [0.1, 0.15) is 40.2 Å². The van der Waals surface area contributed by atoms with Crippen molar-refractivity contribution in [1.29, 1.82) is 0 Å². The molecule has 0 bridgehead atoms. The molecule has 4 aromatic carbocycles. The number of nitrogens with two attached hydrogens (primary N) is 1. The average Bonchev–Trinajstić information content (AvgIpc) is 3.13. The predicted octanol–water partition coefficient (Wildman–Crippen LogP) is 4.96. The summed E-state index contributed by atoms with van der Waals surface area (Å²) < 4.78 is 0. The number of hydrogen-bond acceptors (Lipinski definition) is 4. The number of rotatable bonds is 9. The Kier molecular flexibility index (Phi) is 9.12. The molecule has 40 heavy (non-hydrogen) atoms. The van der Waals surface area contributed by atoms with Gasteiger partial charge in [0.25, 0.3) is 5.91 Å². The van der Waals surface area contributed by atoms with E-state index in [2.05, 4.69) is 34.9 Å². The number of benzene rings is 4. The molecule has 6 nitrogen and oxygen atoms in total. The van der Waals surface area contributed by atoms with E-state index in [1.807, 2.05) is 77.7 Å². The minimum atomic E-state index is -0.396. The molecule has 5 rings (SSSR count). The van der Waals surface area contributed by atoms with E-state index in [4.69, 9.17) is 17.3 Å². The van der Waals surface area contributed by atoms with Crippen LogP contribution in [-0.2, 0) is 4.79 Å². The van der Waals surface area contributed by atoms with E-state index in [0.29, 0.717) is 43.2 Å². The summed E-state index contributed by atoms with van der Waals surface area (Å²) in [5, 5.41) is 9.17. The third-order valence-corrected chi connectivity index (χ3v) is 7.86. The molecule has 4 N–H and O–H groups in total. The molecule has 4 aromatic rings. The molecule has 1 aliphatic heterocycles. The number of halogens is 1. The Labute approximate surface area is 240 Å². The maximum atomic E-state index is 13.7. The van der Waals surface area contributed by atoms with E-state index in [1.54, 1.807) is 0 Å². The monoisotopic (exact) mass is 554 g/mol. The van der Waals surface area contributed by atoms with Gasteiger partial charge < -0.3 is 21.3 Å². The first-order valence-corrected chi connectivity index (χ1v) is 14.2. The average molecular weight is 555 g/mol. The molecule has 7 heteroatoms. The van der Waals surface area contributed by atoms with Crippen LogP contribution >= 0.6 is 11.6 Å². The van der Waals surface area contributed by atoms with Gasteiger partial charge >= 0.3 is 0 Å². The molecule has 2 atom stereocenters. The van der Waals surface area contributed by atoms with Crippen LogP contribution in [0.3, 0.4) is 0 Å². The van der Waals surface area contributed by atoms with Crippen LogP contribution in [0.25, 0.3) is 10.8 Å². The fourth-order valence-corrected chi connectivity index (χ4v) is 5.65. The molecular formula is C33H35ClN4O2. The number of amides is 2. The maximum absolute atomic E-state index is 13.7. The molecule has 206 valence electrons. The standard InChI is InChI=1S/C33H35ClN4O2/c34-28-14-13-25-19-27(12-11-26(25)20-28)32(39)36-21-29-16-18-38(33(40)31(37-29)15-17-35)22-30(23-7-3-1-4-8-23)24-9-5-2-6-10-24/h1-14,19-20,29-31,37H,15-18,21-22,35H2,(H,36,39). The van der Waals surface area contributed by atoms with E-state index in [1.165, 1.54) is 11.1 Å². The van der Waals surface area contributed by atoms with Crippen LogP contribution in [0, 0.1) is 0 Å². The highest BCUT2D eigenvalue weighted by Gasteiger charge is 2.32. The topological polar surface area (TPSA) is 87.5 Å². The molecule has 0 aromatic heterocycles. The van der Waals surface area contributed by atoms with Crippen molar-refractivity contribution >= 4 is 34.2 Å². The van der Waals surface area contributed by atoms with Crippen molar-refractivity contribution < 1.29 is 9.59 Å². The number of carbonyl (C=O) groups is 2. The highest BCUT2D eigenvalue weighted by molar-refractivity contribution is 6.31. The summed E-state index contributed by atoms with van der Waals surface area (Å²) >= 11 is 6.09. The van der Waals surface area contributed by atoms with Gasteiger partial charge in [0, 0.05) is 42.2 Å². The van der Waals surface area contributed by atoms with Gasteiger partial charge in [-0.25, -0.2) is 0 Å². The minimum Gasteiger partial charge on any atom is -0.350 e. The lowest BCUT2D eigenvalue weighted by Gasteiger charge is -2.29. The molecule has 0 spiro atoms. The summed E-state index contributed by atoms with van der Waals surface area (Å²) in [4.78, 5) is 28.7. The maximum Gasteiger partial charge on any atom is 0.251 e. The summed E-state index contributed by atoms with van der Waals surface area (Å²) in [7, 11) is 0. The number of nitrogens with zero attached hydrogens (tertiary/aromatic N) is 1. The highest BCUT2D eigenvalue weighted by Crippen LogP contribution is 2.27. The zero-order valence-electron chi connectivity index (χ0n) is 22.4. The summed E-state index contributed by atoms with van der Waals surface area (Å²) in [5.74, 6) is -0.0251. The summed E-state index contributed by atoms with van der Waals surface area (Å²) in [6.07, 6.45) is 1.26. The molecule has 1 saturated heterocycles. The van der Waals surface area contributed by atoms with Crippen LogP contribution in [0.4, 0.5) is 0 Å². The van der Waals surface area contributed by atoms with Crippen LogP contribution in [0.15, 0.2) is 97.1 Å². The molecule has 0 saturated carbocycles. The van der Waals surface area contributed by atoms with Gasteiger partial charge in [-0.15, -0.1) is 0 Å². The lowest BCUT2D eigenvalue weighted by atomic mass is 9.90. The normalized spacial score (nSPS) is 17.7. The molecular weight excluding hydrogens is 520 g/mol. The number of nitrogens with one attached hydrogen (secondary N) is 2. The molecule has 1 aliphatic rings. The second-order valence-corrected chi connectivity index (χ2v) is 10.8. The lowest BCUT2D eigenvalue weighted by molar-refractivity contribution is -0.133. The van der Waals surface area contributed by atoms with Crippen molar-refractivity contribution in [2.75, 3.05) is 26.2 Å². The van der Waals surface area contributed by atoms with Crippen molar-refractivity contribution in [2.24, 2.45) is 5.73 Å². The molecule has 1 heterocycles. The molecule has 2 amide bonds. The van der Waals surface area contributed by atoms with E-state index >= 15 is 0 Å². The molecule has 1 fully saturated rings.